The van der Waals surface area contributed by atoms with Crippen molar-refractivity contribution in [1.29, 1.82) is 5.26 Å². The number of benzene rings is 2. The number of nitriles is 1. The standard InChI is InChI=1S/C18H18N2O2/c1-18(2)17(21)16(20-13-6-4-3-5-7-13)14-10-12(11-19)8-9-15(14)22-18/h3-10,16-17,20-21H,1-2H3/t16-,17+/m0/s1. The highest BCUT2D eigenvalue weighted by Gasteiger charge is 2.43. The molecular formula is C18H18N2O2. The summed E-state index contributed by atoms with van der Waals surface area (Å²) in [6, 6.07) is 16.8. The first-order valence-electron chi connectivity index (χ1n) is 7.24. The largest absolute Gasteiger partial charge is 0.485 e. The molecule has 0 spiro atoms. The van der Waals surface area contributed by atoms with E-state index in [1.54, 1.807) is 18.2 Å². The molecule has 3 rings (SSSR count). The molecule has 1 aliphatic rings. The Hall–Kier alpha value is -2.51. The highest BCUT2D eigenvalue weighted by atomic mass is 16.5. The topological polar surface area (TPSA) is 65.3 Å². The Morgan fingerprint density at radius 2 is 1.91 bits per heavy atom. The average Bonchev–Trinajstić information content (AvgIpc) is 2.52. The predicted octanol–water partition coefficient (Wildman–Crippen LogP) is 3.24. The molecule has 0 unspecified atom stereocenters. The number of hydrogen-bond acceptors (Lipinski definition) is 4. The molecule has 4 nitrogen and oxygen atoms in total. The SMILES string of the molecule is CC1(C)Oc2ccc(C#N)cc2[C@H](Nc2ccccc2)[C@H]1O. The van der Waals surface area contributed by atoms with Gasteiger partial charge in [0.1, 0.15) is 17.5 Å². The molecular weight excluding hydrogens is 276 g/mol. The molecule has 2 aromatic rings. The van der Waals surface area contributed by atoms with Gasteiger partial charge in [-0.2, -0.15) is 5.26 Å². The zero-order valence-corrected chi connectivity index (χ0v) is 12.6. The molecule has 0 saturated heterocycles. The third-order valence-electron chi connectivity index (χ3n) is 3.97. The fourth-order valence-corrected chi connectivity index (χ4v) is 2.74. The second-order valence-corrected chi connectivity index (χ2v) is 6.00. The van der Waals surface area contributed by atoms with Crippen LogP contribution in [0.5, 0.6) is 5.75 Å². The van der Waals surface area contributed by atoms with Crippen LogP contribution < -0.4 is 10.1 Å². The Bertz CT molecular complexity index is 720. The van der Waals surface area contributed by atoms with Crippen molar-refractivity contribution in [3.8, 4) is 11.8 Å². The minimum atomic E-state index is -0.742. The van der Waals surface area contributed by atoms with Crippen LogP contribution in [0.1, 0.15) is 31.0 Å². The summed E-state index contributed by atoms with van der Waals surface area (Å²) in [7, 11) is 0. The quantitative estimate of drug-likeness (QED) is 0.892. The third-order valence-corrected chi connectivity index (χ3v) is 3.97. The lowest BCUT2D eigenvalue weighted by molar-refractivity contribution is -0.0532. The third kappa shape index (κ3) is 2.51. The van der Waals surface area contributed by atoms with E-state index in [9.17, 15) is 5.11 Å². The Morgan fingerprint density at radius 1 is 1.18 bits per heavy atom. The van der Waals surface area contributed by atoms with Gasteiger partial charge < -0.3 is 15.2 Å². The van der Waals surface area contributed by atoms with E-state index in [-0.39, 0.29) is 6.04 Å². The number of hydrogen-bond donors (Lipinski definition) is 2. The van der Waals surface area contributed by atoms with E-state index in [1.165, 1.54) is 0 Å². The van der Waals surface area contributed by atoms with Crippen LogP contribution in [0.15, 0.2) is 48.5 Å². The minimum absolute atomic E-state index is 0.338. The summed E-state index contributed by atoms with van der Waals surface area (Å²) in [5.41, 5.74) is 1.55. The summed E-state index contributed by atoms with van der Waals surface area (Å²) >= 11 is 0. The zero-order valence-electron chi connectivity index (χ0n) is 12.6. The molecule has 0 bridgehead atoms. The van der Waals surface area contributed by atoms with Crippen molar-refractivity contribution in [2.75, 3.05) is 5.32 Å². The average molecular weight is 294 g/mol. The van der Waals surface area contributed by atoms with Crippen molar-refractivity contribution in [2.45, 2.75) is 31.6 Å². The maximum Gasteiger partial charge on any atom is 0.132 e. The number of aliphatic hydroxyl groups excluding tert-OH is 1. The first-order valence-corrected chi connectivity index (χ1v) is 7.24. The summed E-state index contributed by atoms with van der Waals surface area (Å²) in [5.74, 6) is 0.697. The molecule has 112 valence electrons. The van der Waals surface area contributed by atoms with Crippen molar-refractivity contribution < 1.29 is 9.84 Å². The number of para-hydroxylation sites is 1. The highest BCUT2D eigenvalue weighted by Crippen LogP contribution is 2.41. The first-order chi connectivity index (χ1) is 10.5. The van der Waals surface area contributed by atoms with Crippen molar-refractivity contribution in [2.24, 2.45) is 0 Å². The molecule has 4 heteroatoms. The molecule has 0 amide bonds. The van der Waals surface area contributed by atoms with Gasteiger partial charge in [-0.3, -0.25) is 0 Å². The molecule has 1 aliphatic heterocycles. The lowest BCUT2D eigenvalue weighted by Crippen LogP contribution is -2.50. The van der Waals surface area contributed by atoms with Gasteiger partial charge >= 0.3 is 0 Å². The molecule has 2 aromatic carbocycles. The number of fused-ring (bicyclic) bond motifs is 1. The summed E-state index contributed by atoms with van der Waals surface area (Å²) < 4.78 is 5.90. The molecule has 2 atom stereocenters. The number of aliphatic hydroxyl groups is 1. The number of ether oxygens (including phenoxy) is 1. The molecule has 0 aromatic heterocycles. The second kappa shape index (κ2) is 5.36. The van der Waals surface area contributed by atoms with Crippen LogP contribution in [0.4, 0.5) is 5.69 Å². The van der Waals surface area contributed by atoms with Gasteiger partial charge in [0.2, 0.25) is 0 Å². The molecule has 2 N–H and O–H groups in total. The number of nitrogens with one attached hydrogen (secondary N) is 1. The molecule has 0 fully saturated rings. The van der Waals surface area contributed by atoms with Crippen LogP contribution in [-0.4, -0.2) is 16.8 Å². The van der Waals surface area contributed by atoms with E-state index in [1.807, 2.05) is 44.2 Å². The van der Waals surface area contributed by atoms with Gasteiger partial charge in [-0.15, -0.1) is 0 Å². The Balaban J connectivity index is 2.05. The molecule has 1 heterocycles. The zero-order chi connectivity index (χ0) is 15.7. The predicted molar refractivity (Wildman–Crippen MR) is 84.7 cm³/mol. The van der Waals surface area contributed by atoms with Gasteiger partial charge in [-0.25, -0.2) is 0 Å². The summed E-state index contributed by atoms with van der Waals surface area (Å²) in [6.45, 7) is 3.72. The maximum atomic E-state index is 10.7. The van der Waals surface area contributed by atoms with Crippen LogP contribution in [0.3, 0.4) is 0 Å². The van der Waals surface area contributed by atoms with Crippen LogP contribution in [0.2, 0.25) is 0 Å². The molecule has 0 aliphatic carbocycles. The van der Waals surface area contributed by atoms with E-state index in [4.69, 9.17) is 10.00 Å². The van der Waals surface area contributed by atoms with Gasteiger partial charge in [-0.05, 0) is 44.2 Å². The van der Waals surface area contributed by atoms with E-state index in [0.717, 1.165) is 11.3 Å². The molecule has 0 radical (unpaired) electrons. The monoisotopic (exact) mass is 294 g/mol. The number of nitrogens with zero attached hydrogens (tertiary/aromatic N) is 1. The Kier molecular flexibility index (Phi) is 3.51. The van der Waals surface area contributed by atoms with Crippen LogP contribution in [0.25, 0.3) is 0 Å². The van der Waals surface area contributed by atoms with Crippen molar-refractivity contribution in [1.82, 2.24) is 0 Å². The maximum absolute atomic E-state index is 10.7. The Morgan fingerprint density at radius 3 is 2.59 bits per heavy atom. The van der Waals surface area contributed by atoms with Crippen molar-refractivity contribution in [3.63, 3.8) is 0 Å². The van der Waals surface area contributed by atoms with Gasteiger partial charge in [0.25, 0.3) is 0 Å². The highest BCUT2D eigenvalue weighted by molar-refractivity contribution is 5.52. The van der Waals surface area contributed by atoms with Crippen LogP contribution in [0, 0.1) is 11.3 Å². The Labute approximate surface area is 130 Å². The summed E-state index contributed by atoms with van der Waals surface area (Å²) in [4.78, 5) is 0. The number of rotatable bonds is 2. The molecule has 0 saturated carbocycles. The van der Waals surface area contributed by atoms with Crippen molar-refractivity contribution >= 4 is 5.69 Å². The second-order valence-electron chi connectivity index (χ2n) is 6.00. The lowest BCUT2D eigenvalue weighted by atomic mass is 9.86. The first kappa shape index (κ1) is 14.4. The fraction of sp³-hybridized carbons (Fsp3) is 0.278. The normalized spacial score (nSPS) is 22.1. The summed E-state index contributed by atoms with van der Waals surface area (Å²) in [5, 5.41) is 23.2. The van der Waals surface area contributed by atoms with E-state index >= 15 is 0 Å². The van der Waals surface area contributed by atoms with Gasteiger partial charge in [0.15, 0.2) is 0 Å². The van der Waals surface area contributed by atoms with Gasteiger partial charge in [0.05, 0.1) is 17.7 Å². The minimum Gasteiger partial charge on any atom is -0.485 e. The van der Waals surface area contributed by atoms with E-state index < -0.39 is 11.7 Å². The smallest absolute Gasteiger partial charge is 0.132 e. The fourth-order valence-electron chi connectivity index (χ4n) is 2.74. The van der Waals surface area contributed by atoms with E-state index in [0.29, 0.717) is 11.3 Å². The van der Waals surface area contributed by atoms with Gasteiger partial charge in [-0.1, -0.05) is 18.2 Å². The van der Waals surface area contributed by atoms with Crippen LogP contribution in [-0.2, 0) is 0 Å². The van der Waals surface area contributed by atoms with Crippen molar-refractivity contribution in [3.05, 3.63) is 59.7 Å². The van der Waals surface area contributed by atoms with Crippen LogP contribution >= 0.6 is 0 Å². The van der Waals surface area contributed by atoms with Gasteiger partial charge in [0, 0.05) is 11.3 Å². The lowest BCUT2D eigenvalue weighted by Gasteiger charge is -2.42. The van der Waals surface area contributed by atoms with E-state index in [2.05, 4.69) is 11.4 Å². The summed E-state index contributed by atoms with van der Waals surface area (Å²) in [6.07, 6.45) is -0.742. The molecule has 22 heavy (non-hydrogen) atoms. The number of anilines is 1.